The van der Waals surface area contributed by atoms with Gasteiger partial charge in [-0.15, -0.1) is 0 Å². The Morgan fingerprint density at radius 2 is 2.15 bits per heavy atom. The molecule has 0 saturated carbocycles. The SMILES string of the molecule is O=c1[nH]ccc2cc(Cl)c(F)cc12. The summed E-state index contributed by atoms with van der Waals surface area (Å²) in [4.78, 5) is 13.6. The molecular formula is C9H5ClFNO. The number of aromatic nitrogens is 1. The van der Waals surface area contributed by atoms with Gasteiger partial charge < -0.3 is 4.98 Å². The second-order valence-electron chi connectivity index (χ2n) is 2.66. The van der Waals surface area contributed by atoms with Crippen LogP contribution in [0.4, 0.5) is 4.39 Å². The van der Waals surface area contributed by atoms with Crippen molar-refractivity contribution in [1.82, 2.24) is 4.98 Å². The van der Waals surface area contributed by atoms with Gasteiger partial charge in [0.25, 0.3) is 5.56 Å². The van der Waals surface area contributed by atoms with E-state index in [0.717, 1.165) is 6.07 Å². The zero-order valence-corrected chi connectivity index (χ0v) is 7.23. The van der Waals surface area contributed by atoms with Crippen molar-refractivity contribution in [3.8, 4) is 0 Å². The maximum Gasteiger partial charge on any atom is 0.255 e. The van der Waals surface area contributed by atoms with Crippen molar-refractivity contribution in [2.24, 2.45) is 0 Å². The minimum atomic E-state index is -0.578. The summed E-state index contributed by atoms with van der Waals surface area (Å²) in [7, 11) is 0. The van der Waals surface area contributed by atoms with Crippen LogP contribution in [0.15, 0.2) is 29.2 Å². The normalized spacial score (nSPS) is 10.6. The molecule has 0 aliphatic rings. The average Bonchev–Trinajstić information content (AvgIpc) is 2.09. The Morgan fingerprint density at radius 3 is 2.92 bits per heavy atom. The highest BCUT2D eigenvalue weighted by molar-refractivity contribution is 6.31. The lowest BCUT2D eigenvalue weighted by atomic mass is 10.2. The lowest BCUT2D eigenvalue weighted by molar-refractivity contribution is 0.630. The van der Waals surface area contributed by atoms with E-state index >= 15 is 0 Å². The summed E-state index contributed by atoms with van der Waals surface area (Å²) in [6, 6.07) is 4.24. The fraction of sp³-hybridized carbons (Fsp3) is 0. The first kappa shape index (κ1) is 8.26. The van der Waals surface area contributed by atoms with E-state index in [2.05, 4.69) is 4.98 Å². The van der Waals surface area contributed by atoms with Crippen molar-refractivity contribution >= 4 is 22.4 Å². The smallest absolute Gasteiger partial charge is 0.255 e. The highest BCUT2D eigenvalue weighted by atomic mass is 35.5. The van der Waals surface area contributed by atoms with Gasteiger partial charge in [0.2, 0.25) is 0 Å². The van der Waals surface area contributed by atoms with Crippen LogP contribution in [-0.4, -0.2) is 4.98 Å². The number of benzene rings is 1. The van der Waals surface area contributed by atoms with Crippen LogP contribution in [-0.2, 0) is 0 Å². The first-order valence-electron chi connectivity index (χ1n) is 3.65. The quantitative estimate of drug-likeness (QED) is 0.691. The maximum absolute atomic E-state index is 12.9. The third-order valence-electron chi connectivity index (χ3n) is 1.81. The van der Waals surface area contributed by atoms with Gasteiger partial charge in [-0.25, -0.2) is 4.39 Å². The van der Waals surface area contributed by atoms with Crippen molar-refractivity contribution in [3.05, 3.63) is 45.6 Å². The predicted octanol–water partition coefficient (Wildman–Crippen LogP) is 2.32. The van der Waals surface area contributed by atoms with Crippen LogP contribution in [0, 0.1) is 5.82 Å². The third kappa shape index (κ3) is 1.31. The lowest BCUT2D eigenvalue weighted by Crippen LogP contribution is -2.04. The fourth-order valence-corrected chi connectivity index (χ4v) is 1.35. The van der Waals surface area contributed by atoms with Gasteiger partial charge in [0.1, 0.15) is 5.82 Å². The van der Waals surface area contributed by atoms with E-state index < -0.39 is 5.82 Å². The summed E-state index contributed by atoms with van der Waals surface area (Å²) >= 11 is 5.55. The number of hydrogen-bond donors (Lipinski definition) is 1. The highest BCUT2D eigenvalue weighted by Gasteiger charge is 2.03. The van der Waals surface area contributed by atoms with E-state index in [9.17, 15) is 9.18 Å². The van der Waals surface area contributed by atoms with Crippen LogP contribution < -0.4 is 5.56 Å². The molecule has 0 aliphatic carbocycles. The second kappa shape index (κ2) is 2.85. The van der Waals surface area contributed by atoms with E-state index in [1.54, 1.807) is 6.07 Å². The predicted molar refractivity (Wildman–Crippen MR) is 49.5 cm³/mol. The van der Waals surface area contributed by atoms with Gasteiger partial charge in [0, 0.05) is 11.6 Å². The summed E-state index contributed by atoms with van der Waals surface area (Å²) in [5, 5.41) is 0.970. The Kier molecular flexibility index (Phi) is 1.81. The largest absolute Gasteiger partial charge is 0.329 e. The molecule has 2 nitrogen and oxygen atoms in total. The molecule has 2 aromatic rings. The van der Waals surface area contributed by atoms with Gasteiger partial charge in [-0.05, 0) is 23.6 Å². The zero-order valence-electron chi connectivity index (χ0n) is 6.47. The molecule has 2 rings (SSSR count). The van der Waals surface area contributed by atoms with E-state index in [1.165, 1.54) is 12.3 Å². The molecule has 66 valence electrons. The van der Waals surface area contributed by atoms with Crippen LogP contribution in [0.5, 0.6) is 0 Å². The first-order valence-corrected chi connectivity index (χ1v) is 4.03. The fourth-order valence-electron chi connectivity index (χ4n) is 1.18. The minimum Gasteiger partial charge on any atom is -0.329 e. The molecule has 0 spiro atoms. The Hall–Kier alpha value is -1.35. The molecule has 0 atom stereocenters. The number of fused-ring (bicyclic) bond motifs is 1. The van der Waals surface area contributed by atoms with Gasteiger partial charge in [-0.3, -0.25) is 4.79 Å². The summed E-state index contributed by atoms with van der Waals surface area (Å²) in [6.45, 7) is 0. The summed E-state index contributed by atoms with van der Waals surface area (Å²) in [5.41, 5.74) is -0.312. The molecule has 0 saturated heterocycles. The molecule has 0 unspecified atom stereocenters. The number of hydrogen-bond acceptors (Lipinski definition) is 1. The van der Waals surface area contributed by atoms with E-state index in [-0.39, 0.29) is 10.6 Å². The summed E-state index contributed by atoms with van der Waals surface area (Å²) in [5.74, 6) is -0.578. The molecule has 1 aromatic carbocycles. The monoisotopic (exact) mass is 197 g/mol. The van der Waals surface area contributed by atoms with Crippen LogP contribution >= 0.6 is 11.6 Å². The number of pyridine rings is 1. The van der Waals surface area contributed by atoms with Crippen molar-refractivity contribution in [2.75, 3.05) is 0 Å². The molecule has 0 fully saturated rings. The highest BCUT2D eigenvalue weighted by Crippen LogP contribution is 2.19. The Labute approximate surface area is 78.0 Å². The Morgan fingerprint density at radius 1 is 1.38 bits per heavy atom. The van der Waals surface area contributed by atoms with Crippen LogP contribution in [0.2, 0.25) is 5.02 Å². The van der Waals surface area contributed by atoms with Crippen molar-refractivity contribution in [1.29, 1.82) is 0 Å². The number of H-pyrrole nitrogens is 1. The Balaban J connectivity index is 2.97. The summed E-state index contributed by atoms with van der Waals surface area (Å²) in [6.07, 6.45) is 1.50. The van der Waals surface area contributed by atoms with Gasteiger partial charge in [-0.2, -0.15) is 0 Å². The molecule has 13 heavy (non-hydrogen) atoms. The van der Waals surface area contributed by atoms with Gasteiger partial charge in [0.15, 0.2) is 0 Å². The lowest BCUT2D eigenvalue weighted by Gasteiger charge is -1.97. The minimum absolute atomic E-state index is 0.0260. The number of nitrogens with one attached hydrogen (secondary N) is 1. The second-order valence-corrected chi connectivity index (χ2v) is 3.07. The topological polar surface area (TPSA) is 32.9 Å². The number of aromatic amines is 1. The average molecular weight is 198 g/mol. The van der Waals surface area contributed by atoms with Crippen LogP contribution in [0.3, 0.4) is 0 Å². The maximum atomic E-state index is 12.9. The molecule has 0 aliphatic heterocycles. The van der Waals surface area contributed by atoms with Gasteiger partial charge in [0.05, 0.1) is 5.02 Å². The van der Waals surface area contributed by atoms with Gasteiger partial charge in [-0.1, -0.05) is 11.6 Å². The molecule has 4 heteroatoms. The number of rotatable bonds is 0. The molecule has 1 N–H and O–H groups in total. The van der Waals surface area contributed by atoms with E-state index in [0.29, 0.717) is 10.8 Å². The summed E-state index contributed by atoms with van der Waals surface area (Å²) < 4.78 is 12.9. The van der Waals surface area contributed by atoms with Crippen molar-refractivity contribution < 1.29 is 4.39 Å². The van der Waals surface area contributed by atoms with Crippen LogP contribution in [0.25, 0.3) is 10.8 Å². The first-order chi connectivity index (χ1) is 6.18. The molecular weight excluding hydrogens is 193 g/mol. The van der Waals surface area contributed by atoms with E-state index in [1.807, 2.05) is 0 Å². The van der Waals surface area contributed by atoms with Crippen molar-refractivity contribution in [2.45, 2.75) is 0 Å². The molecule has 0 amide bonds. The third-order valence-corrected chi connectivity index (χ3v) is 2.10. The molecule has 0 bridgehead atoms. The van der Waals surface area contributed by atoms with Crippen molar-refractivity contribution in [3.63, 3.8) is 0 Å². The van der Waals surface area contributed by atoms with E-state index in [4.69, 9.17) is 11.6 Å². The zero-order chi connectivity index (χ0) is 9.42. The Bertz CT molecular complexity index is 520. The molecule has 1 heterocycles. The molecule has 1 aromatic heterocycles. The standard InChI is InChI=1S/C9H5ClFNO/c10-7-3-5-1-2-12-9(13)6(5)4-8(7)11/h1-4H,(H,12,13). The van der Waals surface area contributed by atoms with Gasteiger partial charge >= 0.3 is 0 Å². The molecule has 0 radical (unpaired) electrons. The number of halogens is 2. The van der Waals surface area contributed by atoms with Crippen LogP contribution in [0.1, 0.15) is 0 Å².